The van der Waals surface area contributed by atoms with Crippen LogP contribution in [0.4, 0.5) is 13.2 Å². The zero-order chi connectivity index (χ0) is 21.4. The zero-order valence-electron chi connectivity index (χ0n) is 16.2. The molecule has 2 aliphatic rings. The lowest BCUT2D eigenvalue weighted by molar-refractivity contribution is -0.141. The minimum atomic E-state index is -4.46. The predicted octanol–water partition coefficient (Wildman–Crippen LogP) is 3.05. The van der Waals surface area contributed by atoms with E-state index in [1.165, 1.54) is 12.3 Å². The van der Waals surface area contributed by atoms with Crippen LogP contribution in [0.3, 0.4) is 0 Å². The first kappa shape index (κ1) is 21.0. The van der Waals surface area contributed by atoms with Crippen LogP contribution >= 0.6 is 0 Å². The van der Waals surface area contributed by atoms with Crippen LogP contribution in [-0.2, 0) is 16.0 Å². The third kappa shape index (κ3) is 4.75. The first-order valence-corrected chi connectivity index (χ1v) is 11.5. The van der Waals surface area contributed by atoms with Crippen molar-refractivity contribution >= 4 is 9.84 Å². The molecule has 2 aromatic heterocycles. The highest BCUT2D eigenvalue weighted by atomic mass is 32.2. The summed E-state index contributed by atoms with van der Waals surface area (Å²) in [4.78, 5) is 9.95. The van der Waals surface area contributed by atoms with Gasteiger partial charge in [0.25, 0.3) is 0 Å². The summed E-state index contributed by atoms with van der Waals surface area (Å²) in [5.74, 6) is 1.24. The second-order valence-corrected chi connectivity index (χ2v) is 10.1. The molecule has 1 spiro atoms. The van der Waals surface area contributed by atoms with Gasteiger partial charge in [-0.3, -0.25) is 14.9 Å². The van der Waals surface area contributed by atoms with Crippen LogP contribution in [0.25, 0.3) is 11.3 Å². The molecule has 10 heteroatoms. The lowest BCUT2D eigenvalue weighted by Crippen LogP contribution is -2.54. The van der Waals surface area contributed by atoms with Crippen molar-refractivity contribution in [2.24, 2.45) is 5.41 Å². The van der Waals surface area contributed by atoms with Crippen LogP contribution in [0, 0.1) is 5.41 Å². The summed E-state index contributed by atoms with van der Waals surface area (Å²) in [5.41, 5.74) is 0.0762. The molecular formula is C20H22F3N3O3S. The van der Waals surface area contributed by atoms with Gasteiger partial charge in [0.1, 0.15) is 18.1 Å². The minimum absolute atomic E-state index is 0.00308. The summed E-state index contributed by atoms with van der Waals surface area (Å²) in [6, 6.07) is 5.68. The minimum Gasteiger partial charge on any atom is -0.491 e. The molecule has 0 aliphatic carbocycles. The molecule has 0 aromatic carbocycles. The molecule has 0 unspecified atom stereocenters. The Kier molecular flexibility index (Phi) is 5.48. The van der Waals surface area contributed by atoms with Gasteiger partial charge in [0.2, 0.25) is 0 Å². The predicted molar refractivity (Wildman–Crippen MR) is 105 cm³/mol. The summed E-state index contributed by atoms with van der Waals surface area (Å²) in [7, 11) is -2.80. The summed E-state index contributed by atoms with van der Waals surface area (Å²) in [6.07, 6.45) is 0.0427. The quantitative estimate of drug-likeness (QED) is 0.710. The maximum Gasteiger partial charge on any atom is 0.433 e. The van der Waals surface area contributed by atoms with Gasteiger partial charge in [-0.15, -0.1) is 0 Å². The molecule has 2 aliphatic heterocycles. The van der Waals surface area contributed by atoms with E-state index in [0.717, 1.165) is 44.7 Å². The number of sulfone groups is 1. The van der Waals surface area contributed by atoms with Gasteiger partial charge in [0.05, 0.1) is 23.4 Å². The second kappa shape index (κ2) is 7.81. The molecule has 0 radical (unpaired) electrons. The molecular weight excluding hydrogens is 419 g/mol. The van der Waals surface area contributed by atoms with Crippen molar-refractivity contribution in [3.63, 3.8) is 0 Å². The number of likely N-dealkylation sites (tertiary alicyclic amines) is 1. The first-order valence-electron chi connectivity index (χ1n) is 9.70. The average Bonchev–Trinajstić information content (AvgIpc) is 2.68. The Bertz CT molecular complexity index is 971. The van der Waals surface area contributed by atoms with Crippen LogP contribution in [-0.4, -0.2) is 61.0 Å². The van der Waals surface area contributed by atoms with Gasteiger partial charge in [-0.1, -0.05) is 0 Å². The van der Waals surface area contributed by atoms with E-state index in [1.54, 1.807) is 12.1 Å². The highest BCUT2D eigenvalue weighted by molar-refractivity contribution is 7.92. The lowest BCUT2D eigenvalue weighted by Gasteiger charge is -2.47. The van der Waals surface area contributed by atoms with E-state index in [1.807, 2.05) is 0 Å². The van der Waals surface area contributed by atoms with E-state index in [2.05, 4.69) is 14.9 Å². The fourth-order valence-corrected chi connectivity index (χ4v) is 6.43. The Hall–Kier alpha value is -2.20. The van der Waals surface area contributed by atoms with Gasteiger partial charge in [-0.25, -0.2) is 8.42 Å². The average molecular weight is 441 g/mol. The molecule has 0 saturated carbocycles. The molecule has 0 N–H and O–H groups in total. The molecule has 0 bridgehead atoms. The summed E-state index contributed by atoms with van der Waals surface area (Å²) < 4.78 is 66.4. The molecule has 4 rings (SSSR count). The largest absolute Gasteiger partial charge is 0.491 e. The van der Waals surface area contributed by atoms with E-state index in [4.69, 9.17) is 4.74 Å². The van der Waals surface area contributed by atoms with Crippen LogP contribution in [0.2, 0.25) is 0 Å². The van der Waals surface area contributed by atoms with E-state index in [9.17, 15) is 21.6 Å². The highest BCUT2D eigenvalue weighted by Gasteiger charge is 2.49. The standard InChI is InChI=1S/C20H22F3N3O3S/c21-20(22,23)18-4-1-15(11-25-18)17-3-2-16(12-24-17)29-10-9-26-7-5-19(6-8-26)13-30(27,28)14-19/h1-4,11-12H,5-10,13-14H2. The van der Waals surface area contributed by atoms with E-state index < -0.39 is 21.7 Å². The fraction of sp³-hybridized carbons (Fsp3) is 0.500. The summed E-state index contributed by atoms with van der Waals surface area (Å²) >= 11 is 0. The molecule has 0 atom stereocenters. The number of rotatable bonds is 5. The van der Waals surface area contributed by atoms with Crippen molar-refractivity contribution in [1.29, 1.82) is 0 Å². The number of hydrogen-bond donors (Lipinski definition) is 0. The summed E-state index contributed by atoms with van der Waals surface area (Å²) in [6.45, 7) is 2.97. The van der Waals surface area contributed by atoms with Crippen LogP contribution in [0.1, 0.15) is 18.5 Å². The fourth-order valence-electron chi connectivity index (χ4n) is 4.07. The zero-order valence-corrected chi connectivity index (χ0v) is 17.0. The van der Waals surface area contributed by atoms with Crippen molar-refractivity contribution in [1.82, 2.24) is 14.9 Å². The Balaban J connectivity index is 1.24. The number of hydrogen-bond acceptors (Lipinski definition) is 6. The van der Waals surface area contributed by atoms with Gasteiger partial charge >= 0.3 is 6.18 Å². The van der Waals surface area contributed by atoms with Crippen molar-refractivity contribution in [2.45, 2.75) is 19.0 Å². The van der Waals surface area contributed by atoms with Gasteiger partial charge in [-0.2, -0.15) is 13.2 Å². The third-order valence-corrected chi connectivity index (χ3v) is 7.84. The van der Waals surface area contributed by atoms with Crippen molar-refractivity contribution < 1.29 is 26.3 Å². The van der Waals surface area contributed by atoms with Gasteiger partial charge < -0.3 is 4.74 Å². The molecule has 6 nitrogen and oxygen atoms in total. The second-order valence-electron chi connectivity index (χ2n) is 8.03. The van der Waals surface area contributed by atoms with Crippen molar-refractivity contribution in [3.8, 4) is 17.0 Å². The number of alkyl halides is 3. The van der Waals surface area contributed by atoms with E-state index in [0.29, 0.717) is 35.1 Å². The Morgan fingerprint density at radius 3 is 2.30 bits per heavy atom. The smallest absolute Gasteiger partial charge is 0.433 e. The maximum absolute atomic E-state index is 12.6. The van der Waals surface area contributed by atoms with Gasteiger partial charge in [0.15, 0.2) is 9.84 Å². The van der Waals surface area contributed by atoms with Crippen molar-refractivity contribution in [3.05, 3.63) is 42.4 Å². The highest BCUT2D eigenvalue weighted by Crippen LogP contribution is 2.42. The molecule has 4 heterocycles. The van der Waals surface area contributed by atoms with E-state index >= 15 is 0 Å². The molecule has 2 saturated heterocycles. The number of pyridine rings is 2. The number of aromatic nitrogens is 2. The van der Waals surface area contributed by atoms with E-state index in [-0.39, 0.29) is 5.41 Å². The normalized spacial score (nSPS) is 20.6. The van der Waals surface area contributed by atoms with Gasteiger partial charge in [-0.05, 0) is 50.2 Å². The lowest BCUT2D eigenvalue weighted by atomic mass is 9.81. The third-order valence-electron chi connectivity index (χ3n) is 5.73. The topological polar surface area (TPSA) is 72.4 Å². The number of ether oxygens (including phenoxy) is 1. The number of nitrogens with zero attached hydrogens (tertiary/aromatic N) is 3. The molecule has 162 valence electrons. The SMILES string of the molecule is O=S1(=O)CC2(CCN(CCOc3ccc(-c4ccc(C(F)(F)F)nc4)nc3)CC2)C1. The molecule has 0 amide bonds. The Morgan fingerprint density at radius 1 is 1.03 bits per heavy atom. The van der Waals surface area contributed by atoms with Crippen LogP contribution < -0.4 is 4.74 Å². The first-order chi connectivity index (χ1) is 14.1. The van der Waals surface area contributed by atoms with Crippen LogP contribution in [0.5, 0.6) is 5.75 Å². The van der Waals surface area contributed by atoms with Crippen molar-refractivity contribution in [2.75, 3.05) is 37.7 Å². The molecule has 2 aromatic rings. The molecule has 30 heavy (non-hydrogen) atoms. The van der Waals surface area contributed by atoms with Crippen LogP contribution in [0.15, 0.2) is 36.7 Å². The number of piperidine rings is 1. The monoisotopic (exact) mass is 441 g/mol. The Labute approximate surface area is 173 Å². The van der Waals surface area contributed by atoms with Gasteiger partial charge in [0, 0.05) is 23.7 Å². The number of halogens is 3. The maximum atomic E-state index is 12.6. The summed E-state index contributed by atoms with van der Waals surface area (Å²) in [5, 5.41) is 0. The molecule has 2 fully saturated rings. The Morgan fingerprint density at radius 2 is 1.77 bits per heavy atom.